The number of hydrogen-bond donors (Lipinski definition) is 0. The van der Waals surface area contributed by atoms with Crippen molar-refractivity contribution in [1.29, 1.82) is 0 Å². The van der Waals surface area contributed by atoms with Crippen molar-refractivity contribution in [2.24, 2.45) is 0 Å². The number of nitrogens with zero attached hydrogens (tertiary/aromatic N) is 12. The molecule has 0 fully saturated rings. The summed E-state index contributed by atoms with van der Waals surface area (Å²) in [7, 11) is 0. The highest BCUT2D eigenvalue weighted by Crippen LogP contribution is 2.31. The van der Waals surface area contributed by atoms with Gasteiger partial charge < -0.3 is 0 Å². The molecule has 0 radical (unpaired) electrons. The number of hydrogen-bond acceptors (Lipinski definition) is 12. The van der Waals surface area contributed by atoms with Gasteiger partial charge in [0.1, 0.15) is 19.3 Å². The van der Waals surface area contributed by atoms with Gasteiger partial charge in [-0.3, -0.25) is 0 Å². The van der Waals surface area contributed by atoms with Gasteiger partial charge in [-0.25, -0.2) is 38.0 Å². The average Bonchev–Trinajstić information content (AvgIpc) is 3.87. The van der Waals surface area contributed by atoms with Crippen LogP contribution in [0.15, 0.2) is 103 Å². The van der Waals surface area contributed by atoms with Crippen LogP contribution in [0.3, 0.4) is 0 Å². The molecule has 8 rings (SSSR count). The first kappa shape index (κ1) is 41.2. The maximum Gasteiger partial charge on any atom is 0.208 e. The summed E-state index contributed by atoms with van der Waals surface area (Å²) in [5.74, 6) is 0. The van der Waals surface area contributed by atoms with Crippen LogP contribution < -0.4 is 0 Å². The molecule has 0 aliphatic carbocycles. The Morgan fingerprint density at radius 2 is 1.10 bits per heavy atom. The lowest BCUT2D eigenvalue weighted by Crippen LogP contribution is -1.97. The number of thioether (sulfide) groups is 4. The van der Waals surface area contributed by atoms with E-state index in [1.54, 1.807) is 10.7 Å². The molecule has 0 aliphatic heterocycles. The van der Waals surface area contributed by atoms with Gasteiger partial charge in [0.05, 0.1) is 35.1 Å². The van der Waals surface area contributed by atoms with Gasteiger partial charge in [0.15, 0.2) is 5.15 Å². The lowest BCUT2D eigenvalue weighted by molar-refractivity contribution is 0.787. The van der Waals surface area contributed by atoms with Crippen LogP contribution in [-0.2, 0) is 0 Å². The lowest BCUT2D eigenvalue weighted by atomic mass is 10.5. The van der Waals surface area contributed by atoms with E-state index in [0.717, 1.165) is 64.8 Å². The first-order valence-corrected chi connectivity index (χ1v) is 23.8. The highest BCUT2D eigenvalue weighted by atomic mass is 79.9. The minimum absolute atomic E-state index is 0.446. The van der Waals surface area contributed by atoms with Crippen molar-refractivity contribution in [1.82, 2.24) is 58.4 Å². The standard InChI is InChI=1S/C7H4Br2ClN3S.C7H5Br2N3S.2C7H6BrN3S/c1-14-7-11-6(10)5-3(8)2-4(9)13(5)12-7;1-13-7-10-3-5-4(8)2-6(9)12(5)11-7;1-12-7-9-4-6-5(8)2-3-11(6)10-7;1-12-7-9-4-5-2-3-6(8)11(5)10-7/h2H,1H3;2-3H,1H3;2*2-4H,1H3. The number of rotatable bonds is 4. The molecule has 51 heavy (non-hydrogen) atoms. The van der Waals surface area contributed by atoms with Crippen LogP contribution in [0.25, 0.3) is 22.1 Å². The molecule has 0 spiro atoms. The van der Waals surface area contributed by atoms with Gasteiger partial charge in [-0.1, -0.05) is 58.6 Å². The molecule has 0 aromatic carbocycles. The minimum atomic E-state index is 0.446. The summed E-state index contributed by atoms with van der Waals surface area (Å²) in [6.07, 6.45) is 15.1. The molecule has 8 aromatic rings. The second kappa shape index (κ2) is 19.1. The highest BCUT2D eigenvalue weighted by Gasteiger charge is 2.13. The van der Waals surface area contributed by atoms with Gasteiger partial charge in [-0.05, 0) is 151 Å². The van der Waals surface area contributed by atoms with E-state index in [2.05, 4.69) is 136 Å². The molecule has 0 bridgehead atoms. The fraction of sp³-hybridized carbons (Fsp3) is 0.143. The second-order valence-corrected chi connectivity index (χ2v) is 17.7. The molecular weight excluding hydrogens is 1150 g/mol. The monoisotopic (exact) mass is 1160 g/mol. The maximum absolute atomic E-state index is 6.02. The van der Waals surface area contributed by atoms with E-state index in [1.807, 2.05) is 87.5 Å². The van der Waals surface area contributed by atoms with E-state index in [4.69, 9.17) is 11.6 Å². The minimum Gasteiger partial charge on any atom is -0.236 e. The van der Waals surface area contributed by atoms with Crippen molar-refractivity contribution < 1.29 is 0 Å². The van der Waals surface area contributed by atoms with Crippen molar-refractivity contribution in [3.8, 4) is 0 Å². The predicted octanol–water partition coefficient (Wildman–Crippen LogP) is 11.0. The largest absolute Gasteiger partial charge is 0.236 e. The van der Waals surface area contributed by atoms with Gasteiger partial charge in [-0.15, -0.1) is 20.4 Å². The van der Waals surface area contributed by atoms with Crippen LogP contribution in [0.4, 0.5) is 0 Å². The van der Waals surface area contributed by atoms with Crippen LogP contribution in [0.2, 0.25) is 5.15 Å². The van der Waals surface area contributed by atoms with Crippen molar-refractivity contribution in [3.05, 3.63) is 87.5 Å². The third-order valence-corrected chi connectivity index (χ3v) is 12.4. The molecule has 0 saturated carbocycles. The number of halogens is 7. The fourth-order valence-corrected chi connectivity index (χ4v) is 9.17. The number of fused-ring (bicyclic) bond motifs is 4. The molecule has 0 amide bonds. The molecule has 0 aliphatic rings. The summed E-state index contributed by atoms with van der Waals surface area (Å²) >= 11 is 32.5. The Labute approximate surface area is 363 Å². The summed E-state index contributed by atoms with van der Waals surface area (Å²) in [6.45, 7) is 0. The summed E-state index contributed by atoms with van der Waals surface area (Å²) in [4.78, 5) is 16.6. The van der Waals surface area contributed by atoms with Gasteiger partial charge in [0.2, 0.25) is 20.6 Å². The van der Waals surface area contributed by atoms with Crippen LogP contribution in [-0.4, -0.2) is 83.4 Å². The Balaban J connectivity index is 0.000000132. The molecule has 8 heterocycles. The zero-order valence-corrected chi connectivity index (χ0v) is 39.9. The molecule has 0 saturated heterocycles. The summed E-state index contributed by atoms with van der Waals surface area (Å²) in [5.41, 5.74) is 3.73. The molecule has 23 heteroatoms. The Hall–Kier alpha value is -0.950. The Bertz CT molecular complexity index is 2450. The highest BCUT2D eigenvalue weighted by molar-refractivity contribution is 9.11. The summed E-state index contributed by atoms with van der Waals surface area (Å²) < 4.78 is 12.8. The first-order chi connectivity index (χ1) is 24.5. The summed E-state index contributed by atoms with van der Waals surface area (Å²) in [6, 6.07) is 9.71. The fourth-order valence-electron chi connectivity index (χ4n) is 3.95. The van der Waals surface area contributed by atoms with E-state index in [1.165, 1.54) is 47.0 Å². The van der Waals surface area contributed by atoms with Crippen LogP contribution in [0.5, 0.6) is 0 Å². The Kier molecular flexibility index (Phi) is 15.4. The van der Waals surface area contributed by atoms with Gasteiger partial charge in [0, 0.05) is 19.6 Å². The van der Waals surface area contributed by atoms with E-state index >= 15 is 0 Å². The molecule has 0 atom stereocenters. The van der Waals surface area contributed by atoms with Crippen LogP contribution in [0.1, 0.15) is 0 Å². The SMILES string of the molecule is CSc1nc(Cl)c2c(Br)cc(Br)n2n1.CSc1ncc2c(Br)cc(Br)n2n1.CSc1ncc2c(Br)ccn2n1.CSc1ncc2ccc(Br)n2n1. The average molecular weight is 1170 g/mol. The molecular formula is C28H21Br6ClN12S4. The molecule has 12 nitrogen and oxygen atoms in total. The summed E-state index contributed by atoms with van der Waals surface area (Å²) in [5, 5.41) is 20.5. The predicted molar refractivity (Wildman–Crippen MR) is 230 cm³/mol. The van der Waals surface area contributed by atoms with E-state index in [0.29, 0.717) is 10.3 Å². The smallest absolute Gasteiger partial charge is 0.208 e. The normalized spacial score (nSPS) is 11.0. The van der Waals surface area contributed by atoms with Crippen molar-refractivity contribution >= 4 is 176 Å². The third kappa shape index (κ3) is 10.0. The maximum atomic E-state index is 6.02. The van der Waals surface area contributed by atoms with Crippen molar-refractivity contribution in [3.63, 3.8) is 0 Å². The zero-order chi connectivity index (χ0) is 36.8. The van der Waals surface area contributed by atoms with Gasteiger partial charge in [0.25, 0.3) is 0 Å². The topological polar surface area (TPSA) is 121 Å². The molecule has 0 unspecified atom stereocenters. The van der Waals surface area contributed by atoms with Crippen molar-refractivity contribution in [2.45, 2.75) is 20.6 Å². The van der Waals surface area contributed by atoms with E-state index in [9.17, 15) is 0 Å². The van der Waals surface area contributed by atoms with Crippen molar-refractivity contribution in [2.75, 3.05) is 25.0 Å². The molecule has 0 N–H and O–H groups in total. The van der Waals surface area contributed by atoms with Crippen LogP contribution in [0, 0.1) is 0 Å². The third-order valence-electron chi connectivity index (χ3n) is 6.27. The lowest BCUT2D eigenvalue weighted by Gasteiger charge is -2.00. The van der Waals surface area contributed by atoms with E-state index < -0.39 is 0 Å². The van der Waals surface area contributed by atoms with Gasteiger partial charge >= 0.3 is 0 Å². The van der Waals surface area contributed by atoms with Gasteiger partial charge in [-0.2, -0.15) is 0 Å². The Morgan fingerprint density at radius 3 is 1.76 bits per heavy atom. The zero-order valence-electron chi connectivity index (χ0n) is 26.3. The van der Waals surface area contributed by atoms with E-state index in [-0.39, 0.29) is 0 Å². The molecule has 8 aromatic heterocycles. The first-order valence-electron chi connectivity index (χ1n) is 13.7. The quantitative estimate of drug-likeness (QED) is 0.156. The van der Waals surface area contributed by atoms with Crippen LogP contribution >= 0.6 is 154 Å². The number of aromatic nitrogens is 12. The second-order valence-electron chi connectivity index (χ2n) is 9.30. The Morgan fingerprint density at radius 1 is 0.549 bits per heavy atom. The molecule has 266 valence electrons.